The molecule has 0 bridgehead atoms. The zero-order valence-electron chi connectivity index (χ0n) is 20.7. The summed E-state index contributed by atoms with van der Waals surface area (Å²) in [6.45, 7) is 5.30. The van der Waals surface area contributed by atoms with Gasteiger partial charge in [-0.05, 0) is 57.2 Å². The van der Waals surface area contributed by atoms with Crippen LogP contribution < -0.4 is 19.7 Å². The fourth-order valence-electron chi connectivity index (χ4n) is 4.53. The summed E-state index contributed by atoms with van der Waals surface area (Å²) in [4.78, 5) is 32.6. The van der Waals surface area contributed by atoms with E-state index in [0.717, 1.165) is 12.1 Å². The molecule has 4 rings (SSSR count). The Balaban J connectivity index is 1.81. The molecule has 2 aromatic carbocycles. The number of nitrogens with one attached hydrogen (secondary N) is 1. The topological polar surface area (TPSA) is 80.8 Å². The molecule has 2 heterocycles. The van der Waals surface area contributed by atoms with Gasteiger partial charge < -0.3 is 14.8 Å². The molecule has 1 aliphatic heterocycles. The van der Waals surface area contributed by atoms with E-state index in [4.69, 9.17) is 21.1 Å². The maximum Gasteiger partial charge on any atom is 0.251 e. The van der Waals surface area contributed by atoms with Gasteiger partial charge >= 0.3 is 0 Å². The highest BCUT2D eigenvalue weighted by Gasteiger charge is 2.51. The molecule has 37 heavy (non-hydrogen) atoms. The summed E-state index contributed by atoms with van der Waals surface area (Å²) in [5.74, 6) is -3.55. The van der Waals surface area contributed by atoms with E-state index in [9.17, 15) is 9.59 Å². The van der Waals surface area contributed by atoms with Crippen molar-refractivity contribution in [1.29, 1.82) is 0 Å². The van der Waals surface area contributed by atoms with Crippen LogP contribution in [0.5, 0.6) is 11.5 Å². The van der Waals surface area contributed by atoms with Crippen LogP contribution in [0.25, 0.3) is 0 Å². The van der Waals surface area contributed by atoms with Crippen molar-refractivity contribution < 1.29 is 27.8 Å². The first kappa shape index (κ1) is 26.3. The standard InChI is InChI=1S/C27H26ClF2N3O4/c1-14(2)37-21-6-5-11-31-25(21)33-15(3)22(23-19(29)12-18(36-4)13-20(23)30)24(27(33)35)32-26(34)16-7-9-17(28)10-8-16/h5-15,22,24H,1-4H3,(H,32,34)/t15-,22-,24-/m0/s1. The third-order valence-electron chi connectivity index (χ3n) is 6.15. The zero-order valence-corrected chi connectivity index (χ0v) is 21.4. The van der Waals surface area contributed by atoms with Crippen molar-refractivity contribution in [3.05, 3.63) is 82.5 Å². The Morgan fingerprint density at radius 2 is 1.78 bits per heavy atom. The minimum absolute atomic E-state index is 0.00771. The van der Waals surface area contributed by atoms with Crippen molar-refractivity contribution in [3.63, 3.8) is 0 Å². The van der Waals surface area contributed by atoms with Gasteiger partial charge in [0.1, 0.15) is 23.4 Å². The van der Waals surface area contributed by atoms with Gasteiger partial charge in [0, 0.05) is 46.4 Å². The third-order valence-corrected chi connectivity index (χ3v) is 6.40. The summed E-state index contributed by atoms with van der Waals surface area (Å²) >= 11 is 5.92. The highest BCUT2D eigenvalue weighted by atomic mass is 35.5. The second-order valence-corrected chi connectivity index (χ2v) is 9.37. The predicted molar refractivity (Wildman–Crippen MR) is 135 cm³/mol. The van der Waals surface area contributed by atoms with E-state index >= 15 is 8.78 Å². The van der Waals surface area contributed by atoms with Crippen LogP contribution in [-0.4, -0.2) is 42.1 Å². The molecule has 1 fully saturated rings. The van der Waals surface area contributed by atoms with E-state index in [1.54, 1.807) is 19.1 Å². The summed E-state index contributed by atoms with van der Waals surface area (Å²) in [5, 5.41) is 3.11. The second kappa shape index (κ2) is 10.7. The van der Waals surface area contributed by atoms with Crippen molar-refractivity contribution >= 4 is 29.2 Å². The lowest BCUT2D eigenvalue weighted by Crippen LogP contribution is -2.44. The minimum Gasteiger partial charge on any atom is -0.497 e. The molecule has 0 unspecified atom stereocenters. The SMILES string of the molecule is COc1cc(F)c([C@H]2[C@H](NC(=O)c3ccc(Cl)cc3)C(=O)N(c3ncccc3OC(C)C)[C@H]2C)c(F)c1. The number of nitrogens with zero attached hydrogens (tertiary/aromatic N) is 2. The van der Waals surface area contributed by atoms with Gasteiger partial charge in [0.05, 0.1) is 13.2 Å². The third kappa shape index (κ3) is 5.22. The summed E-state index contributed by atoms with van der Waals surface area (Å²) in [7, 11) is 1.30. The maximum absolute atomic E-state index is 15.3. The molecular formula is C27H26ClF2N3O4. The Hall–Kier alpha value is -3.72. The molecule has 3 aromatic rings. The van der Waals surface area contributed by atoms with Crippen LogP contribution in [0.1, 0.15) is 42.6 Å². The predicted octanol–water partition coefficient (Wildman–Crippen LogP) is 5.13. The number of carbonyl (C=O) groups excluding carboxylic acids is 2. The number of hydrogen-bond acceptors (Lipinski definition) is 5. The van der Waals surface area contributed by atoms with Crippen molar-refractivity contribution in [1.82, 2.24) is 10.3 Å². The summed E-state index contributed by atoms with van der Waals surface area (Å²) in [6.07, 6.45) is 1.27. The fourth-order valence-corrected chi connectivity index (χ4v) is 4.66. The average molecular weight is 530 g/mol. The Morgan fingerprint density at radius 3 is 2.38 bits per heavy atom. The number of halogens is 3. The lowest BCUT2D eigenvalue weighted by atomic mass is 9.87. The molecule has 1 saturated heterocycles. The van der Waals surface area contributed by atoms with Crippen LogP contribution in [0.3, 0.4) is 0 Å². The molecule has 3 atom stereocenters. The smallest absolute Gasteiger partial charge is 0.251 e. The zero-order chi connectivity index (χ0) is 26.9. The minimum atomic E-state index is -1.30. The van der Waals surface area contributed by atoms with E-state index in [0.29, 0.717) is 10.8 Å². The average Bonchev–Trinajstić information content (AvgIpc) is 3.08. The van der Waals surface area contributed by atoms with E-state index in [1.807, 2.05) is 13.8 Å². The van der Waals surface area contributed by atoms with Crippen molar-refractivity contribution in [3.8, 4) is 11.5 Å². The normalized spacial score (nSPS) is 19.3. The van der Waals surface area contributed by atoms with Crippen LogP contribution in [0.15, 0.2) is 54.7 Å². The molecule has 10 heteroatoms. The maximum atomic E-state index is 15.3. The number of rotatable bonds is 7. The molecule has 1 aliphatic rings. The lowest BCUT2D eigenvalue weighted by molar-refractivity contribution is -0.118. The van der Waals surface area contributed by atoms with Crippen LogP contribution in [0.4, 0.5) is 14.6 Å². The number of ether oxygens (including phenoxy) is 2. The van der Waals surface area contributed by atoms with Gasteiger partial charge in [-0.25, -0.2) is 13.8 Å². The summed E-state index contributed by atoms with van der Waals surface area (Å²) in [6, 6.07) is 9.36. The number of benzene rings is 2. The van der Waals surface area contributed by atoms with Gasteiger partial charge in [0.15, 0.2) is 11.6 Å². The molecule has 1 aromatic heterocycles. The summed E-state index contributed by atoms with van der Waals surface area (Å²) in [5.41, 5.74) is -0.104. The first-order valence-corrected chi connectivity index (χ1v) is 12.0. The highest BCUT2D eigenvalue weighted by Crippen LogP contribution is 2.42. The molecule has 7 nitrogen and oxygen atoms in total. The monoisotopic (exact) mass is 529 g/mol. The Bertz CT molecular complexity index is 1300. The largest absolute Gasteiger partial charge is 0.497 e. The Morgan fingerprint density at radius 1 is 1.14 bits per heavy atom. The molecule has 194 valence electrons. The number of anilines is 1. The number of amides is 2. The number of methoxy groups -OCH3 is 1. The van der Waals surface area contributed by atoms with Gasteiger partial charge in [-0.15, -0.1) is 0 Å². The van der Waals surface area contributed by atoms with Crippen LogP contribution >= 0.6 is 11.6 Å². The molecule has 0 spiro atoms. The van der Waals surface area contributed by atoms with Crippen molar-refractivity contribution in [2.24, 2.45) is 0 Å². The van der Waals surface area contributed by atoms with Crippen molar-refractivity contribution in [2.45, 2.75) is 44.9 Å². The molecule has 0 radical (unpaired) electrons. The van der Waals surface area contributed by atoms with E-state index in [1.165, 1.54) is 42.5 Å². The van der Waals surface area contributed by atoms with Crippen LogP contribution in [0.2, 0.25) is 5.02 Å². The summed E-state index contributed by atoms with van der Waals surface area (Å²) < 4.78 is 41.4. The number of pyridine rings is 1. The molecule has 1 N–H and O–H groups in total. The van der Waals surface area contributed by atoms with Gasteiger partial charge in [-0.1, -0.05) is 11.6 Å². The van der Waals surface area contributed by atoms with E-state index in [-0.39, 0.29) is 28.8 Å². The molecule has 2 amide bonds. The van der Waals surface area contributed by atoms with Crippen LogP contribution in [0, 0.1) is 11.6 Å². The first-order chi connectivity index (χ1) is 17.6. The van der Waals surface area contributed by atoms with Crippen molar-refractivity contribution in [2.75, 3.05) is 12.0 Å². The second-order valence-electron chi connectivity index (χ2n) is 8.93. The number of hydrogen-bond donors (Lipinski definition) is 1. The quantitative estimate of drug-likeness (QED) is 0.459. The number of carbonyl (C=O) groups is 2. The first-order valence-electron chi connectivity index (χ1n) is 11.7. The molecular weight excluding hydrogens is 504 g/mol. The van der Waals surface area contributed by atoms with E-state index < -0.39 is 41.5 Å². The van der Waals surface area contributed by atoms with Gasteiger partial charge in [0.25, 0.3) is 11.8 Å². The van der Waals surface area contributed by atoms with Crippen LogP contribution in [-0.2, 0) is 4.79 Å². The highest BCUT2D eigenvalue weighted by molar-refractivity contribution is 6.30. The lowest BCUT2D eigenvalue weighted by Gasteiger charge is -2.26. The van der Waals surface area contributed by atoms with E-state index in [2.05, 4.69) is 10.3 Å². The number of aromatic nitrogens is 1. The Labute approximate surface area is 218 Å². The fraction of sp³-hybridized carbons (Fsp3) is 0.296. The molecule has 0 saturated carbocycles. The molecule has 0 aliphatic carbocycles. The van der Waals surface area contributed by atoms with Gasteiger partial charge in [0.2, 0.25) is 0 Å². The van der Waals surface area contributed by atoms with Gasteiger partial charge in [-0.2, -0.15) is 0 Å². The van der Waals surface area contributed by atoms with Gasteiger partial charge in [-0.3, -0.25) is 14.5 Å². The Kier molecular flexibility index (Phi) is 7.63.